The summed E-state index contributed by atoms with van der Waals surface area (Å²) in [5, 5.41) is 3.37. The molecule has 0 unspecified atom stereocenters. The van der Waals surface area contributed by atoms with Crippen LogP contribution in [0.4, 0.5) is 0 Å². The van der Waals surface area contributed by atoms with Gasteiger partial charge in [-0.05, 0) is 43.5 Å². The first kappa shape index (κ1) is 16.1. The molecule has 110 valence electrons. The molecule has 4 heteroatoms. The molecule has 0 aliphatic carbocycles. The monoisotopic (exact) mass is 365 g/mol. The van der Waals surface area contributed by atoms with Crippen LogP contribution in [0.3, 0.4) is 0 Å². The fourth-order valence-corrected chi connectivity index (χ4v) is 2.58. The average Bonchev–Trinajstić information content (AvgIpc) is 2.47. The molecule has 21 heavy (non-hydrogen) atoms. The molecule has 1 amide bonds. The van der Waals surface area contributed by atoms with Gasteiger partial charge < -0.3 is 5.32 Å². The van der Waals surface area contributed by atoms with E-state index in [-0.39, 0.29) is 5.91 Å². The van der Waals surface area contributed by atoms with Crippen molar-refractivity contribution in [2.24, 2.45) is 0 Å². The van der Waals surface area contributed by atoms with E-state index in [1.807, 2.05) is 6.07 Å². The minimum absolute atomic E-state index is 0.134. The normalized spacial score (nSPS) is 10.4. The Bertz CT molecular complexity index is 625. The summed E-state index contributed by atoms with van der Waals surface area (Å²) < 4.78 is 0.844. The molecule has 0 fully saturated rings. The van der Waals surface area contributed by atoms with Gasteiger partial charge in [-0.1, -0.05) is 57.4 Å². The van der Waals surface area contributed by atoms with Gasteiger partial charge in [0.05, 0.1) is 10.6 Å². The Morgan fingerprint density at radius 1 is 1.19 bits per heavy atom. The Morgan fingerprint density at radius 2 is 1.90 bits per heavy atom. The van der Waals surface area contributed by atoms with Gasteiger partial charge in [-0.2, -0.15) is 0 Å². The quantitative estimate of drug-likeness (QED) is 0.759. The lowest BCUT2D eigenvalue weighted by atomic mass is 10.1. The fourth-order valence-electron chi connectivity index (χ4n) is 2.02. The van der Waals surface area contributed by atoms with Crippen LogP contribution in [0, 0.1) is 6.92 Å². The predicted molar refractivity (Wildman–Crippen MR) is 91.0 cm³/mol. The number of hydrogen-bond donors (Lipinski definition) is 1. The molecule has 2 aromatic rings. The Labute approximate surface area is 138 Å². The second kappa shape index (κ2) is 7.62. The van der Waals surface area contributed by atoms with Crippen LogP contribution in [0.5, 0.6) is 0 Å². The third-order valence-electron chi connectivity index (χ3n) is 3.22. The topological polar surface area (TPSA) is 29.1 Å². The molecule has 0 radical (unpaired) electrons. The summed E-state index contributed by atoms with van der Waals surface area (Å²) in [6.45, 7) is 2.71. The molecular formula is C17H17BrClNO. The van der Waals surface area contributed by atoms with Crippen molar-refractivity contribution in [3.8, 4) is 0 Å². The van der Waals surface area contributed by atoms with Crippen LogP contribution in [0.1, 0.15) is 27.9 Å². The highest BCUT2D eigenvalue weighted by Gasteiger charge is 2.10. The van der Waals surface area contributed by atoms with E-state index in [0.717, 1.165) is 17.3 Å². The van der Waals surface area contributed by atoms with Crippen LogP contribution in [-0.4, -0.2) is 12.5 Å². The van der Waals surface area contributed by atoms with Crippen LogP contribution in [0.25, 0.3) is 0 Å². The molecule has 0 saturated heterocycles. The van der Waals surface area contributed by atoms with E-state index in [0.29, 0.717) is 17.1 Å². The van der Waals surface area contributed by atoms with Crippen molar-refractivity contribution in [1.29, 1.82) is 0 Å². The van der Waals surface area contributed by atoms with Gasteiger partial charge in [0.2, 0.25) is 0 Å². The number of benzene rings is 2. The summed E-state index contributed by atoms with van der Waals surface area (Å²) >= 11 is 9.38. The molecule has 1 N–H and O–H groups in total. The zero-order valence-corrected chi connectivity index (χ0v) is 14.2. The first-order chi connectivity index (χ1) is 10.1. The first-order valence-corrected chi connectivity index (χ1v) is 8.02. The maximum absolute atomic E-state index is 12.1. The number of carbonyl (C=O) groups excluding carboxylic acids is 1. The molecule has 0 aromatic heterocycles. The first-order valence-electron chi connectivity index (χ1n) is 6.85. The van der Waals surface area contributed by atoms with Crippen molar-refractivity contribution in [3.05, 3.63) is 68.7 Å². The van der Waals surface area contributed by atoms with Gasteiger partial charge in [-0.15, -0.1) is 0 Å². The third kappa shape index (κ3) is 4.87. The van der Waals surface area contributed by atoms with Gasteiger partial charge in [-0.25, -0.2) is 0 Å². The molecule has 2 rings (SSSR count). The molecular weight excluding hydrogens is 350 g/mol. The number of aryl methyl sites for hydroxylation is 2. The van der Waals surface area contributed by atoms with Gasteiger partial charge in [0.1, 0.15) is 0 Å². The molecule has 0 spiro atoms. The van der Waals surface area contributed by atoms with Crippen molar-refractivity contribution in [2.75, 3.05) is 6.54 Å². The van der Waals surface area contributed by atoms with E-state index < -0.39 is 0 Å². The molecule has 0 aliphatic heterocycles. The van der Waals surface area contributed by atoms with Crippen LogP contribution < -0.4 is 5.32 Å². The Balaban J connectivity index is 1.81. The standard InChI is InChI=1S/C17H17BrClNO/c1-12-4-6-13(7-5-12)3-2-10-20-17(21)15-11-14(18)8-9-16(15)19/h4-9,11H,2-3,10H2,1H3,(H,20,21). The summed E-state index contributed by atoms with van der Waals surface area (Å²) in [4.78, 5) is 12.1. The highest BCUT2D eigenvalue weighted by Crippen LogP contribution is 2.20. The Morgan fingerprint density at radius 3 is 2.62 bits per heavy atom. The van der Waals surface area contributed by atoms with Crippen LogP contribution >= 0.6 is 27.5 Å². The SMILES string of the molecule is Cc1ccc(CCCNC(=O)c2cc(Br)ccc2Cl)cc1. The summed E-state index contributed by atoms with van der Waals surface area (Å²) in [5.74, 6) is -0.134. The van der Waals surface area contributed by atoms with Crippen molar-refractivity contribution in [2.45, 2.75) is 19.8 Å². The largest absolute Gasteiger partial charge is 0.352 e. The Kier molecular flexibility index (Phi) is 5.83. The lowest BCUT2D eigenvalue weighted by molar-refractivity contribution is 0.0953. The van der Waals surface area contributed by atoms with Crippen LogP contribution in [0.15, 0.2) is 46.9 Å². The van der Waals surface area contributed by atoms with E-state index in [1.165, 1.54) is 11.1 Å². The summed E-state index contributed by atoms with van der Waals surface area (Å²) in [6, 6.07) is 13.7. The Hall–Kier alpha value is -1.32. The zero-order valence-electron chi connectivity index (χ0n) is 11.8. The predicted octanol–water partition coefficient (Wildman–Crippen LogP) is 4.77. The van der Waals surface area contributed by atoms with E-state index in [1.54, 1.807) is 12.1 Å². The molecule has 0 atom stereocenters. The molecule has 2 nitrogen and oxygen atoms in total. The summed E-state index contributed by atoms with van der Waals surface area (Å²) in [7, 11) is 0. The number of rotatable bonds is 5. The number of carbonyl (C=O) groups is 1. The molecule has 0 bridgehead atoms. The van der Waals surface area contributed by atoms with Crippen LogP contribution in [0.2, 0.25) is 5.02 Å². The number of halogens is 2. The van der Waals surface area contributed by atoms with E-state index in [4.69, 9.17) is 11.6 Å². The second-order valence-corrected chi connectivity index (χ2v) is 6.29. The lowest BCUT2D eigenvalue weighted by Gasteiger charge is -2.07. The highest BCUT2D eigenvalue weighted by atomic mass is 79.9. The van der Waals surface area contributed by atoms with Gasteiger partial charge in [0.15, 0.2) is 0 Å². The van der Waals surface area contributed by atoms with Crippen molar-refractivity contribution < 1.29 is 4.79 Å². The van der Waals surface area contributed by atoms with Crippen molar-refractivity contribution in [3.63, 3.8) is 0 Å². The minimum Gasteiger partial charge on any atom is -0.352 e. The van der Waals surface area contributed by atoms with Gasteiger partial charge >= 0.3 is 0 Å². The van der Waals surface area contributed by atoms with Gasteiger partial charge in [0, 0.05) is 11.0 Å². The maximum atomic E-state index is 12.1. The average molecular weight is 367 g/mol. The van der Waals surface area contributed by atoms with E-state index in [9.17, 15) is 4.79 Å². The molecule has 2 aromatic carbocycles. The fraction of sp³-hybridized carbons (Fsp3) is 0.235. The smallest absolute Gasteiger partial charge is 0.252 e. The molecule has 0 saturated carbocycles. The molecule has 0 heterocycles. The van der Waals surface area contributed by atoms with Crippen molar-refractivity contribution >= 4 is 33.4 Å². The van der Waals surface area contributed by atoms with E-state index in [2.05, 4.69) is 52.4 Å². The zero-order chi connectivity index (χ0) is 15.2. The van der Waals surface area contributed by atoms with Gasteiger partial charge in [0.25, 0.3) is 5.91 Å². The third-order valence-corrected chi connectivity index (χ3v) is 4.04. The van der Waals surface area contributed by atoms with E-state index >= 15 is 0 Å². The van der Waals surface area contributed by atoms with Crippen molar-refractivity contribution in [1.82, 2.24) is 5.32 Å². The minimum atomic E-state index is -0.134. The maximum Gasteiger partial charge on any atom is 0.252 e. The number of hydrogen-bond acceptors (Lipinski definition) is 1. The highest BCUT2D eigenvalue weighted by molar-refractivity contribution is 9.10. The number of amides is 1. The molecule has 0 aliphatic rings. The summed E-state index contributed by atoms with van der Waals surface area (Å²) in [5.41, 5.74) is 3.05. The van der Waals surface area contributed by atoms with Gasteiger partial charge in [-0.3, -0.25) is 4.79 Å². The second-order valence-electron chi connectivity index (χ2n) is 4.97. The van der Waals surface area contributed by atoms with Crippen LogP contribution in [-0.2, 0) is 6.42 Å². The summed E-state index contributed by atoms with van der Waals surface area (Å²) in [6.07, 6.45) is 1.85. The lowest BCUT2D eigenvalue weighted by Crippen LogP contribution is -2.25. The number of nitrogens with one attached hydrogen (secondary N) is 1.